The minimum atomic E-state index is -1.21. The number of carbonyl (C=O) groups is 4. The van der Waals surface area contributed by atoms with Crippen LogP contribution < -0.4 is 0 Å². The predicted octanol–water partition coefficient (Wildman–Crippen LogP) is 1.02. The van der Waals surface area contributed by atoms with Gasteiger partial charge >= 0.3 is 17.9 Å². The number of thioether (sulfide) groups is 1. The number of nitrogens with zero attached hydrogens (tertiary/aromatic N) is 1. The number of methoxy groups -OCH3 is 1. The van der Waals surface area contributed by atoms with Crippen molar-refractivity contribution >= 4 is 35.6 Å². The Morgan fingerprint density at radius 2 is 1.69 bits per heavy atom. The van der Waals surface area contributed by atoms with Gasteiger partial charge in [0.15, 0.2) is 24.6 Å². The van der Waals surface area contributed by atoms with E-state index in [1.54, 1.807) is 12.1 Å². The SMILES string of the molecule is CO[C@H]1O[C@H](CN2C(=O)CS[C@H]2c2ccco2)[C@@H](OC(C)=O)[C@H](OC(C)=O)[C@H]1OC(C)=O. The van der Waals surface area contributed by atoms with Gasteiger partial charge in [0.2, 0.25) is 5.91 Å². The van der Waals surface area contributed by atoms with Crippen LogP contribution in [0.3, 0.4) is 0 Å². The van der Waals surface area contributed by atoms with E-state index in [9.17, 15) is 19.2 Å². The third kappa shape index (κ3) is 5.43. The monoisotopic (exact) mass is 471 g/mol. The molecule has 6 atom stereocenters. The van der Waals surface area contributed by atoms with Crippen molar-refractivity contribution in [3.8, 4) is 0 Å². The van der Waals surface area contributed by atoms with Crippen molar-refractivity contribution in [2.75, 3.05) is 19.4 Å². The molecule has 32 heavy (non-hydrogen) atoms. The van der Waals surface area contributed by atoms with Crippen LogP contribution in [-0.2, 0) is 42.9 Å². The second-order valence-corrected chi connectivity index (χ2v) is 8.29. The Morgan fingerprint density at radius 3 is 2.25 bits per heavy atom. The van der Waals surface area contributed by atoms with Gasteiger partial charge < -0.3 is 33.0 Å². The van der Waals surface area contributed by atoms with E-state index in [0.29, 0.717) is 5.76 Å². The zero-order valence-electron chi connectivity index (χ0n) is 18.0. The normalized spacial score (nSPS) is 30.1. The van der Waals surface area contributed by atoms with Crippen LogP contribution in [0.5, 0.6) is 0 Å². The quantitative estimate of drug-likeness (QED) is 0.417. The predicted molar refractivity (Wildman–Crippen MR) is 108 cm³/mol. The van der Waals surface area contributed by atoms with Gasteiger partial charge in [-0.1, -0.05) is 0 Å². The summed E-state index contributed by atoms with van der Waals surface area (Å²) in [7, 11) is 1.33. The van der Waals surface area contributed by atoms with Gasteiger partial charge in [0.1, 0.15) is 17.2 Å². The number of rotatable bonds is 7. The highest BCUT2D eigenvalue weighted by molar-refractivity contribution is 8.00. The molecule has 0 radical (unpaired) electrons. The minimum absolute atomic E-state index is 0.0143. The van der Waals surface area contributed by atoms with Gasteiger partial charge in [0, 0.05) is 27.9 Å². The molecule has 2 saturated heterocycles. The highest BCUT2D eigenvalue weighted by Gasteiger charge is 2.53. The Bertz CT molecular complexity index is 843. The zero-order valence-corrected chi connectivity index (χ0v) is 18.9. The van der Waals surface area contributed by atoms with E-state index in [0.717, 1.165) is 0 Å². The number of furan rings is 1. The van der Waals surface area contributed by atoms with Gasteiger partial charge in [-0.05, 0) is 12.1 Å². The van der Waals surface area contributed by atoms with Crippen LogP contribution in [0, 0.1) is 0 Å². The summed E-state index contributed by atoms with van der Waals surface area (Å²) in [5, 5.41) is -0.404. The largest absolute Gasteiger partial charge is 0.466 e. The molecule has 12 heteroatoms. The fraction of sp³-hybridized carbons (Fsp3) is 0.600. The van der Waals surface area contributed by atoms with Gasteiger partial charge in [-0.2, -0.15) is 0 Å². The summed E-state index contributed by atoms with van der Waals surface area (Å²) in [5.74, 6) is -1.36. The molecular formula is C20H25NO10S. The van der Waals surface area contributed by atoms with E-state index >= 15 is 0 Å². The summed E-state index contributed by atoms with van der Waals surface area (Å²) in [6.07, 6.45) is -4.13. The molecule has 1 aromatic rings. The number of hydrogen-bond donors (Lipinski definition) is 0. The second-order valence-electron chi connectivity index (χ2n) is 7.23. The van der Waals surface area contributed by atoms with Gasteiger partial charge in [-0.15, -0.1) is 11.8 Å². The smallest absolute Gasteiger partial charge is 0.303 e. The Hall–Kier alpha value is -2.57. The lowest BCUT2D eigenvalue weighted by Gasteiger charge is -2.45. The van der Waals surface area contributed by atoms with Crippen LogP contribution >= 0.6 is 11.8 Å². The van der Waals surface area contributed by atoms with Crippen LogP contribution in [0.25, 0.3) is 0 Å². The maximum Gasteiger partial charge on any atom is 0.303 e. The van der Waals surface area contributed by atoms with Crippen molar-refractivity contribution in [1.29, 1.82) is 0 Å². The molecule has 1 amide bonds. The average Bonchev–Trinajstić information content (AvgIpc) is 3.35. The van der Waals surface area contributed by atoms with E-state index in [2.05, 4.69) is 0 Å². The Morgan fingerprint density at radius 1 is 1.06 bits per heavy atom. The molecule has 176 valence electrons. The molecule has 0 aromatic carbocycles. The van der Waals surface area contributed by atoms with Crippen LogP contribution in [0.1, 0.15) is 31.9 Å². The fourth-order valence-electron chi connectivity index (χ4n) is 3.70. The molecule has 2 fully saturated rings. The van der Waals surface area contributed by atoms with Gasteiger partial charge in [-0.3, -0.25) is 19.2 Å². The van der Waals surface area contributed by atoms with Crippen molar-refractivity contribution in [2.45, 2.75) is 56.9 Å². The molecule has 0 N–H and O–H groups in total. The summed E-state index contributed by atoms with van der Waals surface area (Å²) in [6, 6.07) is 3.47. The molecule has 3 rings (SSSR count). The summed E-state index contributed by atoms with van der Waals surface area (Å²) in [4.78, 5) is 49.5. The van der Waals surface area contributed by atoms with Crippen LogP contribution in [0.4, 0.5) is 0 Å². The lowest BCUT2D eigenvalue weighted by molar-refractivity contribution is -0.299. The first-order chi connectivity index (χ1) is 15.2. The van der Waals surface area contributed by atoms with Crippen molar-refractivity contribution < 1.29 is 47.3 Å². The molecule has 3 heterocycles. The summed E-state index contributed by atoms with van der Waals surface area (Å²) < 4.78 is 32.9. The van der Waals surface area contributed by atoms with Crippen molar-refractivity contribution in [3.05, 3.63) is 24.2 Å². The lowest BCUT2D eigenvalue weighted by atomic mass is 9.97. The molecule has 0 aliphatic carbocycles. The average molecular weight is 471 g/mol. The molecule has 0 saturated carbocycles. The number of ether oxygens (including phenoxy) is 5. The molecule has 0 spiro atoms. The zero-order chi connectivity index (χ0) is 23.4. The maximum atomic E-state index is 12.6. The molecule has 11 nitrogen and oxygen atoms in total. The standard InChI is InChI=1S/C20H25NO10S/c1-10(22)28-16-14(8-21-15(25)9-32-19(21)13-6-5-7-27-13)31-20(26-4)18(30-12(3)24)17(16)29-11(2)23/h5-7,14,16-20H,8-9H2,1-4H3/t14-,16-,17+,18-,19+,20+/m1/s1. The number of hydrogen-bond acceptors (Lipinski definition) is 11. The minimum Gasteiger partial charge on any atom is -0.466 e. The highest BCUT2D eigenvalue weighted by atomic mass is 32.2. The topological polar surface area (TPSA) is 131 Å². The van der Waals surface area contributed by atoms with Crippen molar-refractivity contribution in [1.82, 2.24) is 4.90 Å². The first kappa shape index (κ1) is 24.1. The molecular weight excluding hydrogens is 446 g/mol. The molecule has 0 unspecified atom stereocenters. The molecule has 0 bridgehead atoms. The summed E-state index contributed by atoms with van der Waals surface area (Å²) in [6.45, 7) is 3.53. The third-order valence-corrected chi connectivity index (χ3v) is 6.08. The Kier molecular flexibility index (Phi) is 7.80. The first-order valence-electron chi connectivity index (χ1n) is 9.85. The highest BCUT2D eigenvalue weighted by Crippen LogP contribution is 2.40. The number of carbonyl (C=O) groups excluding carboxylic acids is 4. The summed E-state index contributed by atoms with van der Waals surface area (Å²) >= 11 is 1.38. The van der Waals surface area contributed by atoms with E-state index in [1.807, 2.05) is 0 Å². The molecule has 1 aromatic heterocycles. The second kappa shape index (κ2) is 10.4. The van der Waals surface area contributed by atoms with Crippen molar-refractivity contribution in [2.24, 2.45) is 0 Å². The first-order valence-corrected chi connectivity index (χ1v) is 10.9. The number of amides is 1. The van der Waals surface area contributed by atoms with Gasteiger partial charge in [0.25, 0.3) is 0 Å². The van der Waals surface area contributed by atoms with E-state index in [1.165, 1.54) is 50.8 Å². The van der Waals surface area contributed by atoms with Gasteiger partial charge in [0.05, 0.1) is 18.6 Å². The lowest BCUT2D eigenvalue weighted by Crippen LogP contribution is -2.63. The van der Waals surface area contributed by atoms with Crippen LogP contribution in [-0.4, -0.2) is 78.8 Å². The Balaban J connectivity index is 1.93. The molecule has 2 aliphatic rings. The summed E-state index contributed by atoms with van der Waals surface area (Å²) in [5.41, 5.74) is 0. The van der Waals surface area contributed by atoms with Crippen LogP contribution in [0.2, 0.25) is 0 Å². The van der Waals surface area contributed by atoms with Crippen LogP contribution in [0.15, 0.2) is 22.8 Å². The number of esters is 3. The van der Waals surface area contributed by atoms with E-state index in [4.69, 9.17) is 28.1 Å². The molecule has 2 aliphatic heterocycles. The Labute approximate surface area is 188 Å². The fourth-order valence-corrected chi connectivity index (χ4v) is 4.85. The van der Waals surface area contributed by atoms with Gasteiger partial charge in [-0.25, -0.2) is 0 Å². The van der Waals surface area contributed by atoms with E-state index < -0.39 is 54.0 Å². The van der Waals surface area contributed by atoms with Crippen molar-refractivity contribution in [3.63, 3.8) is 0 Å². The maximum absolute atomic E-state index is 12.6. The van der Waals surface area contributed by atoms with E-state index in [-0.39, 0.29) is 18.2 Å². The third-order valence-electron chi connectivity index (χ3n) is 4.86.